The van der Waals surface area contributed by atoms with E-state index in [2.05, 4.69) is 9.97 Å². The molecule has 28 heavy (non-hydrogen) atoms. The topological polar surface area (TPSA) is 125 Å². The number of amides is 1. The Morgan fingerprint density at radius 1 is 1.36 bits per heavy atom. The number of aromatic nitrogens is 2. The van der Waals surface area contributed by atoms with Crippen LogP contribution in [0.2, 0.25) is 0 Å². The normalized spacial score (nSPS) is 28.8. The number of rotatable bonds is 3. The molecule has 3 atom stereocenters. The molecule has 0 spiro atoms. The minimum Gasteiger partial charge on any atom is -0.318 e. The zero-order valence-corrected chi connectivity index (χ0v) is 15.1. The van der Waals surface area contributed by atoms with Gasteiger partial charge in [-0.05, 0) is 30.4 Å². The molecular formula is C18H21F2N7O. The van der Waals surface area contributed by atoms with Gasteiger partial charge in [0.1, 0.15) is 6.04 Å². The quantitative estimate of drug-likeness (QED) is 0.724. The molecule has 10 heteroatoms. The lowest BCUT2D eigenvalue weighted by Crippen LogP contribution is -2.68. The van der Waals surface area contributed by atoms with Crippen LogP contribution in [0.3, 0.4) is 0 Å². The van der Waals surface area contributed by atoms with Crippen LogP contribution in [0, 0.1) is 23.2 Å². The van der Waals surface area contributed by atoms with Crippen molar-refractivity contribution in [1.82, 2.24) is 14.9 Å². The lowest BCUT2D eigenvalue weighted by Gasteiger charge is -2.41. The molecule has 1 aromatic rings. The Morgan fingerprint density at radius 3 is 2.71 bits per heavy atom. The number of fused-ring (bicyclic) bond motifs is 2. The summed E-state index contributed by atoms with van der Waals surface area (Å²) in [4.78, 5) is 24.2. The van der Waals surface area contributed by atoms with Crippen molar-refractivity contribution in [3.63, 3.8) is 0 Å². The Labute approximate surface area is 160 Å². The van der Waals surface area contributed by atoms with E-state index in [9.17, 15) is 18.8 Å². The van der Waals surface area contributed by atoms with Crippen LogP contribution in [0.4, 0.5) is 14.7 Å². The molecule has 2 unspecified atom stereocenters. The third-order valence-corrected chi connectivity index (χ3v) is 5.80. The molecule has 0 aromatic carbocycles. The van der Waals surface area contributed by atoms with Gasteiger partial charge in [0.25, 0.3) is 11.8 Å². The van der Waals surface area contributed by atoms with Gasteiger partial charge >= 0.3 is 0 Å². The van der Waals surface area contributed by atoms with Gasteiger partial charge in [0.05, 0.1) is 12.6 Å². The molecular weight excluding hydrogens is 368 g/mol. The fourth-order valence-corrected chi connectivity index (χ4v) is 4.63. The Hall–Kier alpha value is -2.64. The summed E-state index contributed by atoms with van der Waals surface area (Å²) in [5.41, 5.74) is 11.6. The second-order valence-electron chi connectivity index (χ2n) is 7.75. The molecule has 1 amide bonds. The molecule has 1 aliphatic carbocycles. The van der Waals surface area contributed by atoms with Crippen molar-refractivity contribution in [1.29, 1.82) is 5.26 Å². The van der Waals surface area contributed by atoms with Crippen LogP contribution in [0.5, 0.6) is 0 Å². The minimum absolute atomic E-state index is 0.0357. The van der Waals surface area contributed by atoms with Crippen LogP contribution >= 0.6 is 0 Å². The molecule has 4 N–H and O–H groups in total. The Balaban J connectivity index is 1.60. The van der Waals surface area contributed by atoms with Gasteiger partial charge in [0.2, 0.25) is 5.95 Å². The first-order valence-corrected chi connectivity index (χ1v) is 9.13. The largest absolute Gasteiger partial charge is 0.318 e. The van der Waals surface area contributed by atoms with Crippen molar-refractivity contribution >= 4 is 11.9 Å². The Morgan fingerprint density at radius 2 is 2.07 bits per heavy atom. The fraction of sp³-hybridized carbons (Fsp3) is 0.556. The average Bonchev–Trinajstić information content (AvgIpc) is 3.14. The predicted molar refractivity (Wildman–Crippen MR) is 95.5 cm³/mol. The van der Waals surface area contributed by atoms with E-state index < -0.39 is 42.4 Å². The summed E-state index contributed by atoms with van der Waals surface area (Å²) in [6, 6.07) is 2.26. The first kappa shape index (κ1) is 18.7. The van der Waals surface area contributed by atoms with Crippen molar-refractivity contribution in [3.8, 4) is 6.07 Å². The van der Waals surface area contributed by atoms with E-state index in [4.69, 9.17) is 11.5 Å². The molecule has 2 aliphatic heterocycles. The summed E-state index contributed by atoms with van der Waals surface area (Å²) in [7, 11) is 0. The number of nitrogens with two attached hydrogens (primary N) is 2. The first-order chi connectivity index (χ1) is 13.2. The second-order valence-corrected chi connectivity index (χ2v) is 7.75. The molecule has 0 radical (unpaired) electrons. The van der Waals surface area contributed by atoms with Crippen LogP contribution in [-0.2, 0) is 4.79 Å². The number of nitrogens with zero attached hydrogens (tertiary/aromatic N) is 5. The zero-order chi connectivity index (χ0) is 20.1. The summed E-state index contributed by atoms with van der Waals surface area (Å²) in [6.07, 6.45) is 5.93. The molecule has 8 nitrogen and oxygen atoms in total. The number of anilines is 1. The van der Waals surface area contributed by atoms with E-state index in [-0.39, 0.29) is 5.92 Å². The summed E-state index contributed by atoms with van der Waals surface area (Å²) in [5, 5.41) is 9.18. The molecule has 1 aromatic heterocycles. The van der Waals surface area contributed by atoms with E-state index in [1.807, 2.05) is 11.1 Å². The number of likely N-dealkylation sites (tertiary alicyclic amines) is 1. The SMILES string of the molecule is N#C[C@@H]1CC(F)(F)CN1C(=O)C(N)(N)C1C2=CN(c3ncccn3)CC1CC2. The highest BCUT2D eigenvalue weighted by atomic mass is 19.3. The van der Waals surface area contributed by atoms with E-state index in [0.29, 0.717) is 18.9 Å². The maximum absolute atomic E-state index is 13.8. The van der Waals surface area contributed by atoms with Crippen molar-refractivity contribution in [2.24, 2.45) is 23.3 Å². The number of nitriles is 1. The fourth-order valence-electron chi connectivity index (χ4n) is 4.63. The van der Waals surface area contributed by atoms with Crippen LogP contribution in [0.25, 0.3) is 0 Å². The van der Waals surface area contributed by atoms with Crippen molar-refractivity contribution in [2.75, 3.05) is 18.0 Å². The highest BCUT2D eigenvalue weighted by Gasteiger charge is 2.56. The van der Waals surface area contributed by atoms with Gasteiger partial charge in [-0.1, -0.05) is 0 Å². The summed E-state index contributed by atoms with van der Waals surface area (Å²) in [6.45, 7) is -0.305. The smallest absolute Gasteiger partial charge is 0.268 e. The monoisotopic (exact) mass is 389 g/mol. The van der Waals surface area contributed by atoms with E-state index in [1.165, 1.54) is 0 Å². The number of carbonyl (C=O) groups is 1. The number of hydrogen-bond donors (Lipinski definition) is 2. The summed E-state index contributed by atoms with van der Waals surface area (Å²) in [5.74, 6) is -3.89. The highest BCUT2D eigenvalue weighted by Crippen LogP contribution is 2.46. The van der Waals surface area contributed by atoms with Gasteiger partial charge in [-0.15, -0.1) is 0 Å². The zero-order valence-electron chi connectivity index (χ0n) is 15.1. The van der Waals surface area contributed by atoms with Crippen LogP contribution < -0.4 is 16.4 Å². The van der Waals surface area contributed by atoms with Crippen LogP contribution in [0.15, 0.2) is 30.2 Å². The number of hydrogen-bond acceptors (Lipinski definition) is 7. The third-order valence-electron chi connectivity index (χ3n) is 5.80. The van der Waals surface area contributed by atoms with Crippen molar-refractivity contribution in [3.05, 3.63) is 30.2 Å². The standard InChI is InChI=1S/C18H21F2N7O/c19-17(20)6-13(7-21)27(10-17)15(28)18(22,23)14-11-2-3-12(14)9-26(8-11)16-24-4-1-5-25-16/h1,4-5,8,12-14H,2-3,6,9-10,22-23H2/t12?,13-,14?/m0/s1. The van der Waals surface area contributed by atoms with Gasteiger partial charge < -0.3 is 21.3 Å². The second kappa shape index (κ2) is 6.46. The molecule has 148 valence electrons. The molecule has 2 bridgehead atoms. The van der Waals surface area contributed by atoms with E-state index >= 15 is 0 Å². The van der Waals surface area contributed by atoms with E-state index in [0.717, 1.165) is 16.9 Å². The Kier molecular flexibility index (Phi) is 4.32. The van der Waals surface area contributed by atoms with Crippen molar-refractivity contribution < 1.29 is 13.6 Å². The summed E-state index contributed by atoms with van der Waals surface area (Å²) >= 11 is 0. The van der Waals surface area contributed by atoms with Gasteiger partial charge in [0.15, 0.2) is 5.66 Å². The Bertz CT molecular complexity index is 851. The third kappa shape index (κ3) is 3.00. The molecule has 3 aliphatic rings. The maximum Gasteiger partial charge on any atom is 0.268 e. The lowest BCUT2D eigenvalue weighted by molar-refractivity contribution is -0.140. The van der Waals surface area contributed by atoms with Crippen molar-refractivity contribution in [2.45, 2.75) is 36.9 Å². The molecule has 4 rings (SSSR count). The lowest BCUT2D eigenvalue weighted by atomic mass is 9.79. The van der Waals surface area contributed by atoms with Gasteiger partial charge in [-0.2, -0.15) is 5.26 Å². The average molecular weight is 389 g/mol. The number of carbonyl (C=O) groups excluding carboxylic acids is 1. The minimum atomic E-state index is -3.11. The number of halogens is 2. The molecule has 1 saturated carbocycles. The van der Waals surface area contributed by atoms with E-state index in [1.54, 1.807) is 24.5 Å². The van der Waals surface area contributed by atoms with Gasteiger partial charge in [-0.3, -0.25) is 4.79 Å². The van der Waals surface area contributed by atoms with Gasteiger partial charge in [0, 0.05) is 37.5 Å². The molecule has 3 heterocycles. The van der Waals surface area contributed by atoms with Gasteiger partial charge in [-0.25, -0.2) is 18.7 Å². The van der Waals surface area contributed by atoms with Crippen LogP contribution in [-0.4, -0.2) is 51.5 Å². The summed E-state index contributed by atoms with van der Waals surface area (Å²) < 4.78 is 27.5. The highest BCUT2D eigenvalue weighted by molar-refractivity contribution is 5.87. The number of alkyl halides is 2. The molecule has 2 fully saturated rings. The first-order valence-electron chi connectivity index (χ1n) is 9.13. The van der Waals surface area contributed by atoms with Crippen LogP contribution in [0.1, 0.15) is 19.3 Å². The molecule has 1 saturated heterocycles. The maximum atomic E-state index is 13.8. The predicted octanol–water partition coefficient (Wildman–Crippen LogP) is 0.580.